The van der Waals surface area contributed by atoms with E-state index in [2.05, 4.69) is 5.32 Å². The van der Waals surface area contributed by atoms with Crippen LogP contribution in [0, 0.1) is 0 Å². The highest BCUT2D eigenvalue weighted by Gasteiger charge is 2.42. The van der Waals surface area contributed by atoms with Crippen LogP contribution in [0.3, 0.4) is 0 Å². The molecular weight excluding hydrogens is 234 g/mol. The molecule has 0 saturated carbocycles. The van der Waals surface area contributed by atoms with Crippen LogP contribution in [0.2, 0.25) is 0 Å². The second kappa shape index (κ2) is 4.68. The van der Waals surface area contributed by atoms with E-state index in [4.69, 9.17) is 9.84 Å². The van der Waals surface area contributed by atoms with Gasteiger partial charge in [0.25, 0.3) is 0 Å². The molecule has 1 amide bonds. The molecule has 1 saturated heterocycles. The summed E-state index contributed by atoms with van der Waals surface area (Å²) in [6, 6.07) is 7.23. The van der Waals surface area contributed by atoms with E-state index in [1.807, 2.05) is 6.07 Å². The van der Waals surface area contributed by atoms with Crippen molar-refractivity contribution in [2.75, 3.05) is 13.7 Å². The van der Waals surface area contributed by atoms with Crippen molar-refractivity contribution in [2.45, 2.75) is 18.3 Å². The lowest BCUT2D eigenvalue weighted by molar-refractivity contribution is -0.138. The van der Waals surface area contributed by atoms with Gasteiger partial charge in [0.2, 0.25) is 5.91 Å². The summed E-state index contributed by atoms with van der Waals surface area (Å²) >= 11 is 0. The van der Waals surface area contributed by atoms with Crippen LogP contribution in [0.15, 0.2) is 24.3 Å². The lowest BCUT2D eigenvalue weighted by Crippen LogP contribution is -2.31. The van der Waals surface area contributed by atoms with Gasteiger partial charge < -0.3 is 15.2 Å². The molecule has 5 heteroatoms. The van der Waals surface area contributed by atoms with E-state index in [0.29, 0.717) is 12.3 Å². The average Bonchev–Trinajstić information content (AvgIpc) is 2.71. The summed E-state index contributed by atoms with van der Waals surface area (Å²) in [6.45, 7) is 0.352. The first-order chi connectivity index (χ1) is 8.55. The van der Waals surface area contributed by atoms with Gasteiger partial charge in [-0.1, -0.05) is 12.1 Å². The number of hydrogen-bond donors (Lipinski definition) is 2. The molecule has 1 aromatic rings. The highest BCUT2D eigenvalue weighted by molar-refractivity contribution is 5.83. The van der Waals surface area contributed by atoms with Gasteiger partial charge in [0.05, 0.1) is 13.5 Å². The third kappa shape index (κ3) is 2.30. The summed E-state index contributed by atoms with van der Waals surface area (Å²) in [5.74, 6) is -0.356. The SMILES string of the molecule is COc1cccc(C2(CC(=O)O)CNC(=O)C2)c1. The zero-order valence-electron chi connectivity index (χ0n) is 10.1. The molecule has 5 nitrogen and oxygen atoms in total. The third-order valence-electron chi connectivity index (χ3n) is 3.29. The molecule has 0 bridgehead atoms. The number of amides is 1. The Hall–Kier alpha value is -2.04. The molecule has 1 fully saturated rings. The quantitative estimate of drug-likeness (QED) is 0.832. The summed E-state index contributed by atoms with van der Waals surface area (Å²) < 4.78 is 5.14. The van der Waals surface area contributed by atoms with Crippen LogP contribution in [0.4, 0.5) is 0 Å². The Morgan fingerprint density at radius 1 is 1.56 bits per heavy atom. The lowest BCUT2D eigenvalue weighted by Gasteiger charge is -2.26. The monoisotopic (exact) mass is 249 g/mol. The van der Waals surface area contributed by atoms with Gasteiger partial charge in [-0.2, -0.15) is 0 Å². The van der Waals surface area contributed by atoms with E-state index < -0.39 is 11.4 Å². The number of carboxylic acids is 1. The predicted molar refractivity (Wildman–Crippen MR) is 64.6 cm³/mol. The fraction of sp³-hybridized carbons (Fsp3) is 0.385. The molecule has 18 heavy (non-hydrogen) atoms. The first kappa shape index (κ1) is 12.4. The van der Waals surface area contributed by atoms with Gasteiger partial charge >= 0.3 is 5.97 Å². The van der Waals surface area contributed by atoms with Crippen LogP contribution >= 0.6 is 0 Å². The van der Waals surface area contributed by atoms with Crippen molar-refractivity contribution in [3.8, 4) is 5.75 Å². The Bertz CT molecular complexity index is 486. The van der Waals surface area contributed by atoms with Crippen molar-refractivity contribution >= 4 is 11.9 Å². The standard InChI is InChI=1S/C13H15NO4/c1-18-10-4-2-3-9(5-10)13(7-12(16)17)6-11(15)14-8-13/h2-5H,6-8H2,1H3,(H,14,15)(H,16,17). The van der Waals surface area contributed by atoms with E-state index in [0.717, 1.165) is 5.56 Å². The highest BCUT2D eigenvalue weighted by atomic mass is 16.5. The van der Waals surface area contributed by atoms with Crippen LogP contribution in [-0.4, -0.2) is 30.6 Å². The highest BCUT2D eigenvalue weighted by Crippen LogP contribution is 2.36. The lowest BCUT2D eigenvalue weighted by atomic mass is 9.76. The number of aliphatic carboxylic acids is 1. The van der Waals surface area contributed by atoms with E-state index in [-0.39, 0.29) is 18.7 Å². The van der Waals surface area contributed by atoms with Gasteiger partial charge in [-0.15, -0.1) is 0 Å². The molecule has 2 N–H and O–H groups in total. The molecule has 1 aliphatic rings. The summed E-state index contributed by atoms with van der Waals surface area (Å²) in [6.07, 6.45) is 0.130. The summed E-state index contributed by atoms with van der Waals surface area (Å²) in [5.41, 5.74) is 0.153. The van der Waals surface area contributed by atoms with Crippen LogP contribution in [0.5, 0.6) is 5.75 Å². The number of carbonyl (C=O) groups excluding carboxylic acids is 1. The topological polar surface area (TPSA) is 75.6 Å². The van der Waals surface area contributed by atoms with Crippen molar-refractivity contribution in [2.24, 2.45) is 0 Å². The van der Waals surface area contributed by atoms with Gasteiger partial charge in [0.1, 0.15) is 5.75 Å². The van der Waals surface area contributed by atoms with Crippen molar-refractivity contribution in [3.05, 3.63) is 29.8 Å². The molecule has 1 heterocycles. The molecular formula is C13H15NO4. The number of ether oxygens (including phenoxy) is 1. The van der Waals surface area contributed by atoms with Crippen molar-refractivity contribution in [3.63, 3.8) is 0 Å². The van der Waals surface area contributed by atoms with Gasteiger partial charge in [0.15, 0.2) is 0 Å². The van der Waals surface area contributed by atoms with E-state index in [1.54, 1.807) is 25.3 Å². The molecule has 0 aliphatic carbocycles. The van der Waals surface area contributed by atoms with Crippen molar-refractivity contribution < 1.29 is 19.4 Å². The number of hydrogen-bond acceptors (Lipinski definition) is 3. The molecule has 0 radical (unpaired) electrons. The number of methoxy groups -OCH3 is 1. The molecule has 0 aromatic heterocycles. The minimum absolute atomic E-state index is 0.0705. The van der Waals surface area contributed by atoms with E-state index in [1.165, 1.54) is 0 Å². The smallest absolute Gasteiger partial charge is 0.304 e. The molecule has 1 aromatic carbocycles. The normalized spacial score (nSPS) is 22.6. The Kier molecular flexibility index (Phi) is 3.23. The largest absolute Gasteiger partial charge is 0.497 e. The van der Waals surface area contributed by atoms with Crippen LogP contribution < -0.4 is 10.1 Å². The molecule has 1 aliphatic heterocycles. The Morgan fingerprint density at radius 2 is 2.33 bits per heavy atom. The predicted octanol–water partition coefficient (Wildman–Crippen LogP) is 0.928. The molecule has 1 atom stereocenters. The number of rotatable bonds is 4. The first-order valence-electron chi connectivity index (χ1n) is 5.69. The summed E-state index contributed by atoms with van der Waals surface area (Å²) in [4.78, 5) is 22.5. The molecule has 96 valence electrons. The minimum atomic E-state index is -0.908. The van der Waals surface area contributed by atoms with E-state index >= 15 is 0 Å². The van der Waals surface area contributed by atoms with Crippen molar-refractivity contribution in [1.29, 1.82) is 0 Å². The Morgan fingerprint density at radius 3 is 2.89 bits per heavy atom. The Balaban J connectivity index is 2.39. The second-order valence-corrected chi connectivity index (χ2v) is 4.54. The molecule has 1 unspecified atom stereocenters. The maximum atomic E-state index is 11.4. The molecule has 2 rings (SSSR count). The minimum Gasteiger partial charge on any atom is -0.497 e. The second-order valence-electron chi connectivity index (χ2n) is 4.54. The Labute approximate surface area is 105 Å². The zero-order valence-corrected chi connectivity index (χ0v) is 10.1. The number of nitrogens with one attached hydrogen (secondary N) is 1. The maximum Gasteiger partial charge on any atom is 0.304 e. The summed E-state index contributed by atoms with van der Waals surface area (Å²) in [7, 11) is 1.56. The fourth-order valence-electron chi connectivity index (χ4n) is 2.37. The van der Waals surface area contributed by atoms with E-state index in [9.17, 15) is 9.59 Å². The summed E-state index contributed by atoms with van der Waals surface area (Å²) in [5, 5.41) is 11.8. The first-order valence-corrected chi connectivity index (χ1v) is 5.69. The average molecular weight is 249 g/mol. The van der Waals surface area contributed by atoms with Gasteiger partial charge in [-0.25, -0.2) is 0 Å². The zero-order chi connectivity index (χ0) is 13.2. The number of carboxylic acid groups (broad SMARTS) is 1. The van der Waals surface area contributed by atoms with Crippen LogP contribution in [0.25, 0.3) is 0 Å². The fourth-order valence-corrected chi connectivity index (χ4v) is 2.37. The number of carbonyl (C=O) groups is 2. The van der Waals surface area contributed by atoms with Gasteiger partial charge in [-0.3, -0.25) is 9.59 Å². The third-order valence-corrected chi connectivity index (χ3v) is 3.29. The van der Waals surface area contributed by atoms with Crippen LogP contribution in [-0.2, 0) is 15.0 Å². The van der Waals surface area contributed by atoms with Crippen LogP contribution in [0.1, 0.15) is 18.4 Å². The number of benzene rings is 1. The van der Waals surface area contributed by atoms with Gasteiger partial charge in [0, 0.05) is 18.4 Å². The molecule has 0 spiro atoms. The maximum absolute atomic E-state index is 11.4. The van der Waals surface area contributed by atoms with Gasteiger partial charge in [-0.05, 0) is 17.7 Å². The van der Waals surface area contributed by atoms with Crippen molar-refractivity contribution in [1.82, 2.24) is 5.32 Å².